The quantitative estimate of drug-likeness (QED) is 0.410. The number of hydrazine groups is 1. The molecule has 1 aromatic carbocycles. The summed E-state index contributed by atoms with van der Waals surface area (Å²) in [7, 11) is 0. The number of rotatable bonds is 7. The van der Waals surface area contributed by atoms with E-state index in [0.29, 0.717) is 21.4 Å². The van der Waals surface area contributed by atoms with Gasteiger partial charge in [0.2, 0.25) is 5.91 Å². The largest absolute Gasteiger partial charge is 0.352 e. The summed E-state index contributed by atoms with van der Waals surface area (Å²) in [6.45, 7) is 3.66. The van der Waals surface area contributed by atoms with Gasteiger partial charge in [0.25, 0.3) is 5.91 Å². The first kappa shape index (κ1) is 21.4. The summed E-state index contributed by atoms with van der Waals surface area (Å²) in [5.41, 5.74) is 9.65. The molecule has 0 aliphatic carbocycles. The molecule has 138 valence electrons. The summed E-state index contributed by atoms with van der Waals surface area (Å²) < 4.78 is 0. The molecule has 0 aliphatic heterocycles. The SMILES string of the molecule is CC[C@H](C)[C@@H](NC(N)=O)C(=O)NNC(=O)CSc1cc(Cl)ccc1Cl. The minimum atomic E-state index is -0.835. The summed E-state index contributed by atoms with van der Waals surface area (Å²) in [5.74, 6) is -1.11. The first-order valence-corrected chi connectivity index (χ1v) is 9.21. The van der Waals surface area contributed by atoms with E-state index in [4.69, 9.17) is 28.9 Å². The Hall–Kier alpha value is -1.64. The minimum absolute atomic E-state index is 0.0254. The molecule has 0 spiro atoms. The zero-order valence-corrected chi connectivity index (χ0v) is 16.1. The Kier molecular flexibility index (Phi) is 8.88. The van der Waals surface area contributed by atoms with Crippen LogP contribution in [0.3, 0.4) is 0 Å². The Morgan fingerprint density at radius 3 is 2.52 bits per heavy atom. The van der Waals surface area contributed by atoms with Crippen molar-refractivity contribution < 1.29 is 14.4 Å². The minimum Gasteiger partial charge on any atom is -0.352 e. The van der Waals surface area contributed by atoms with Crippen molar-refractivity contribution in [1.29, 1.82) is 0 Å². The molecule has 0 aromatic heterocycles. The topological polar surface area (TPSA) is 113 Å². The number of hydrogen-bond acceptors (Lipinski definition) is 4. The van der Waals surface area contributed by atoms with Gasteiger partial charge in [-0.2, -0.15) is 0 Å². The Morgan fingerprint density at radius 1 is 1.24 bits per heavy atom. The monoisotopic (exact) mass is 406 g/mol. The van der Waals surface area contributed by atoms with E-state index in [1.54, 1.807) is 25.1 Å². The molecule has 25 heavy (non-hydrogen) atoms. The molecule has 0 aliphatic rings. The van der Waals surface area contributed by atoms with Crippen LogP contribution in [0.1, 0.15) is 20.3 Å². The molecule has 7 nitrogen and oxygen atoms in total. The van der Waals surface area contributed by atoms with Crippen LogP contribution in [-0.2, 0) is 9.59 Å². The van der Waals surface area contributed by atoms with Crippen LogP contribution in [0, 0.1) is 5.92 Å². The van der Waals surface area contributed by atoms with Gasteiger partial charge in [0.05, 0.1) is 10.8 Å². The Morgan fingerprint density at radius 2 is 1.92 bits per heavy atom. The highest BCUT2D eigenvalue weighted by molar-refractivity contribution is 8.00. The number of nitrogens with two attached hydrogens (primary N) is 1. The third kappa shape index (κ3) is 7.41. The molecule has 4 amide bonds. The molecule has 0 bridgehead atoms. The maximum atomic E-state index is 12.1. The van der Waals surface area contributed by atoms with Gasteiger partial charge in [-0.15, -0.1) is 11.8 Å². The second-order valence-corrected chi connectivity index (χ2v) is 7.13. The summed E-state index contributed by atoms with van der Waals surface area (Å²) in [6, 6.07) is 3.29. The van der Waals surface area contributed by atoms with Gasteiger partial charge in [0.1, 0.15) is 6.04 Å². The molecule has 0 heterocycles. The number of hydrogen-bond donors (Lipinski definition) is 4. The first-order chi connectivity index (χ1) is 11.7. The molecule has 10 heteroatoms. The number of benzene rings is 1. The van der Waals surface area contributed by atoms with Crippen LogP contribution < -0.4 is 21.9 Å². The highest BCUT2D eigenvalue weighted by atomic mass is 35.5. The fourth-order valence-corrected chi connectivity index (χ4v) is 3.12. The van der Waals surface area contributed by atoms with Crippen molar-refractivity contribution in [2.45, 2.75) is 31.2 Å². The van der Waals surface area contributed by atoms with Gasteiger partial charge in [-0.25, -0.2) is 4.79 Å². The van der Waals surface area contributed by atoms with E-state index in [1.165, 1.54) is 11.8 Å². The van der Waals surface area contributed by atoms with Gasteiger partial charge in [-0.05, 0) is 24.1 Å². The van der Waals surface area contributed by atoms with Crippen LogP contribution >= 0.6 is 35.0 Å². The fourth-order valence-electron chi connectivity index (χ4n) is 1.83. The third-order valence-corrected chi connectivity index (χ3v) is 5.10. The standard InChI is InChI=1S/C15H20Cl2N4O3S/c1-3-8(2)13(19-15(18)24)14(23)21-20-12(22)7-25-11-6-9(16)4-5-10(11)17/h4-6,8,13H,3,7H2,1-2H3,(H,20,22)(H,21,23)(H3,18,19,24)/t8-,13+/m0/s1. The van der Waals surface area contributed by atoms with E-state index in [9.17, 15) is 14.4 Å². The zero-order valence-electron chi connectivity index (χ0n) is 13.8. The summed E-state index contributed by atoms with van der Waals surface area (Å²) in [5, 5.41) is 3.35. The van der Waals surface area contributed by atoms with Gasteiger partial charge < -0.3 is 11.1 Å². The van der Waals surface area contributed by atoms with Crippen molar-refractivity contribution in [3.05, 3.63) is 28.2 Å². The molecule has 0 saturated carbocycles. The van der Waals surface area contributed by atoms with Crippen LogP contribution in [0.4, 0.5) is 4.79 Å². The molecule has 0 radical (unpaired) electrons. The van der Waals surface area contributed by atoms with Gasteiger partial charge in [-0.1, -0.05) is 43.5 Å². The van der Waals surface area contributed by atoms with Crippen LogP contribution in [0.15, 0.2) is 23.1 Å². The molecule has 2 atom stereocenters. The molecule has 5 N–H and O–H groups in total. The predicted octanol–water partition coefficient (Wildman–Crippen LogP) is 2.32. The lowest BCUT2D eigenvalue weighted by Gasteiger charge is -2.22. The Bertz CT molecular complexity index is 645. The average molecular weight is 407 g/mol. The van der Waals surface area contributed by atoms with Crippen molar-refractivity contribution in [1.82, 2.24) is 16.2 Å². The summed E-state index contributed by atoms with van der Waals surface area (Å²) in [4.78, 5) is 35.6. The molecule has 0 unspecified atom stereocenters. The lowest BCUT2D eigenvalue weighted by Crippen LogP contribution is -2.55. The number of thioether (sulfide) groups is 1. The van der Waals surface area contributed by atoms with E-state index in [1.807, 2.05) is 6.92 Å². The number of amides is 4. The zero-order chi connectivity index (χ0) is 19.0. The first-order valence-electron chi connectivity index (χ1n) is 7.47. The summed E-state index contributed by atoms with van der Waals surface area (Å²) >= 11 is 13.1. The van der Waals surface area contributed by atoms with Crippen molar-refractivity contribution in [3.63, 3.8) is 0 Å². The van der Waals surface area contributed by atoms with Crippen molar-refractivity contribution in [3.8, 4) is 0 Å². The predicted molar refractivity (Wildman–Crippen MR) is 99.4 cm³/mol. The number of nitrogens with one attached hydrogen (secondary N) is 3. The molecular weight excluding hydrogens is 387 g/mol. The van der Waals surface area contributed by atoms with E-state index < -0.39 is 23.9 Å². The van der Waals surface area contributed by atoms with E-state index in [2.05, 4.69) is 16.2 Å². The maximum Gasteiger partial charge on any atom is 0.312 e. The molecule has 0 fully saturated rings. The molecule has 1 aromatic rings. The Balaban J connectivity index is 2.52. The number of halogens is 2. The smallest absolute Gasteiger partial charge is 0.312 e. The van der Waals surface area contributed by atoms with Crippen LogP contribution in [0.5, 0.6) is 0 Å². The van der Waals surface area contributed by atoms with Gasteiger partial charge >= 0.3 is 6.03 Å². The van der Waals surface area contributed by atoms with Gasteiger partial charge in [0, 0.05) is 9.92 Å². The normalized spacial score (nSPS) is 12.8. The Labute approximate surface area is 160 Å². The van der Waals surface area contributed by atoms with E-state index in [-0.39, 0.29) is 11.7 Å². The van der Waals surface area contributed by atoms with Crippen LogP contribution in [-0.4, -0.2) is 29.6 Å². The third-order valence-electron chi connectivity index (χ3n) is 3.37. The van der Waals surface area contributed by atoms with E-state index in [0.717, 1.165) is 0 Å². The maximum absolute atomic E-state index is 12.1. The molecule has 1 rings (SSSR count). The second-order valence-electron chi connectivity index (χ2n) is 5.27. The number of carbonyl (C=O) groups is 3. The van der Waals surface area contributed by atoms with Crippen molar-refractivity contribution in [2.75, 3.05) is 5.75 Å². The van der Waals surface area contributed by atoms with Crippen molar-refractivity contribution >= 4 is 52.8 Å². The lowest BCUT2D eigenvalue weighted by molar-refractivity contribution is -0.129. The lowest BCUT2D eigenvalue weighted by atomic mass is 9.99. The fraction of sp³-hybridized carbons (Fsp3) is 0.400. The van der Waals surface area contributed by atoms with Gasteiger partial charge in [0.15, 0.2) is 0 Å². The highest BCUT2D eigenvalue weighted by Crippen LogP contribution is 2.29. The number of urea groups is 1. The van der Waals surface area contributed by atoms with Crippen molar-refractivity contribution in [2.24, 2.45) is 11.7 Å². The van der Waals surface area contributed by atoms with Crippen LogP contribution in [0.25, 0.3) is 0 Å². The van der Waals surface area contributed by atoms with Crippen LogP contribution in [0.2, 0.25) is 10.0 Å². The summed E-state index contributed by atoms with van der Waals surface area (Å²) in [6.07, 6.45) is 0.648. The average Bonchev–Trinajstić information content (AvgIpc) is 2.57. The molecular formula is C15H20Cl2N4O3S. The second kappa shape index (κ2) is 10.4. The highest BCUT2D eigenvalue weighted by Gasteiger charge is 2.25. The molecule has 0 saturated heterocycles. The number of carbonyl (C=O) groups excluding carboxylic acids is 3. The van der Waals surface area contributed by atoms with E-state index >= 15 is 0 Å². The van der Waals surface area contributed by atoms with Gasteiger partial charge in [-0.3, -0.25) is 20.4 Å². The number of primary amides is 1.